The number of fused-ring (bicyclic) bond motifs is 4. The van der Waals surface area contributed by atoms with E-state index in [0.717, 1.165) is 10.9 Å². The Bertz CT molecular complexity index is 2090. The first-order chi connectivity index (χ1) is 21.7. The maximum absolute atomic E-state index is 16.1. The summed E-state index contributed by atoms with van der Waals surface area (Å²) in [4.78, 5) is 45.9. The second-order valence-corrected chi connectivity index (χ2v) is 16.7. The van der Waals surface area contributed by atoms with Gasteiger partial charge in [-0.2, -0.15) is 4.98 Å². The number of aliphatic hydroxyl groups excluding tert-OH is 1. The van der Waals surface area contributed by atoms with E-state index in [9.17, 15) is 19.4 Å². The Morgan fingerprint density at radius 1 is 1.15 bits per heavy atom. The third kappa shape index (κ3) is 4.28. The fourth-order valence-corrected chi connectivity index (χ4v) is 9.87. The highest BCUT2D eigenvalue weighted by Gasteiger charge is 2.90. The van der Waals surface area contributed by atoms with Crippen molar-refractivity contribution < 1.29 is 46.5 Å². The fourth-order valence-electron chi connectivity index (χ4n) is 6.32. The van der Waals surface area contributed by atoms with E-state index >= 15 is 4.39 Å². The van der Waals surface area contributed by atoms with Gasteiger partial charge in [0.15, 0.2) is 46.9 Å². The van der Waals surface area contributed by atoms with Gasteiger partial charge in [-0.3, -0.25) is 32.5 Å². The lowest BCUT2D eigenvalue weighted by molar-refractivity contribution is -0.103. The molecule has 0 bridgehead atoms. The summed E-state index contributed by atoms with van der Waals surface area (Å²) < 4.78 is 67.1. The zero-order valence-electron chi connectivity index (χ0n) is 23.1. The molecule has 20 nitrogen and oxygen atoms in total. The van der Waals surface area contributed by atoms with Gasteiger partial charge in [0.05, 0.1) is 19.3 Å². The molecule has 0 radical (unpaired) electrons. The molecule has 4 aromatic heterocycles. The summed E-state index contributed by atoms with van der Waals surface area (Å²) in [5, 5.41) is 11.6. The maximum atomic E-state index is 16.1. The van der Waals surface area contributed by atoms with Gasteiger partial charge in [-0.15, -0.1) is 0 Å². The largest absolute Gasteiger partial charge is 0.387 e. The van der Waals surface area contributed by atoms with Gasteiger partial charge in [-0.1, -0.05) is 12.2 Å². The predicted octanol–water partition coefficient (Wildman–Crippen LogP) is -0.168. The number of aromatic amines is 1. The molecule has 0 aromatic carbocycles. The van der Waals surface area contributed by atoms with Gasteiger partial charge in [0.1, 0.15) is 41.9 Å². The zero-order chi connectivity index (χ0) is 32.6. The van der Waals surface area contributed by atoms with E-state index in [4.69, 9.17) is 50.8 Å². The van der Waals surface area contributed by atoms with E-state index < -0.39 is 79.9 Å². The Morgan fingerprint density at radius 3 is 2.63 bits per heavy atom. The van der Waals surface area contributed by atoms with Gasteiger partial charge in [-0.05, 0) is 18.7 Å². The number of aromatic nitrogens is 8. The van der Waals surface area contributed by atoms with Crippen molar-refractivity contribution in [2.45, 2.75) is 61.2 Å². The van der Waals surface area contributed by atoms with E-state index in [2.05, 4.69) is 42.2 Å². The molecule has 4 aromatic rings. The average Bonchev–Trinajstić information content (AvgIpc) is 3.53. The summed E-state index contributed by atoms with van der Waals surface area (Å²) in [6, 6.07) is 0. The lowest BCUT2D eigenvalue weighted by Gasteiger charge is -2.28. The Morgan fingerprint density at radius 2 is 1.87 bits per heavy atom. The van der Waals surface area contributed by atoms with Crippen molar-refractivity contribution in [2.24, 2.45) is 0 Å². The van der Waals surface area contributed by atoms with Crippen LogP contribution in [0.25, 0.3) is 22.3 Å². The number of rotatable bonds is 2. The Balaban J connectivity index is 1.12. The van der Waals surface area contributed by atoms with Crippen molar-refractivity contribution in [3.05, 3.63) is 29.3 Å². The SMILES string of the molecule is C[C@]12O[C@@H](n3cnc4c(N)ncnc43)[C@H](O)[C@]13OP(O)(=S)OC[C@H]1O[C@@H](n4cnc5c(=O)[nH]c(N)nc54)[C@H](F)[C@@H]1OP(=O)(S)OC23. The van der Waals surface area contributed by atoms with E-state index in [-0.39, 0.29) is 34.1 Å². The minimum atomic E-state index is -4.54. The lowest BCUT2D eigenvalue weighted by Crippen LogP contribution is -2.39. The highest BCUT2D eigenvalue weighted by atomic mass is 32.7. The number of thiol groups is 1. The fraction of sp³-hybridized carbons (Fsp3) is 0.524. The molecular formula is C21H23FN10O10P2S2. The first-order valence-electron chi connectivity index (χ1n) is 13.3. The number of alkyl halides is 1. The summed E-state index contributed by atoms with van der Waals surface area (Å²) in [7, 11) is 0. The summed E-state index contributed by atoms with van der Waals surface area (Å²) in [6.07, 6.45) is -7.38. The van der Waals surface area contributed by atoms with Crippen LogP contribution in [0.15, 0.2) is 23.8 Å². The average molecular weight is 721 g/mol. The Hall–Kier alpha value is -2.66. The minimum Gasteiger partial charge on any atom is -0.385 e. The number of ether oxygens (including phenoxy) is 2. The van der Waals surface area contributed by atoms with E-state index in [1.165, 1.54) is 24.1 Å². The second-order valence-electron chi connectivity index (χ2n) is 11.1. The number of H-pyrrole nitrogens is 1. The third-order valence-corrected chi connectivity index (χ3v) is 11.6. The molecule has 3 saturated heterocycles. The van der Waals surface area contributed by atoms with E-state index in [0.29, 0.717) is 0 Å². The van der Waals surface area contributed by atoms with Crippen LogP contribution in [0.5, 0.6) is 0 Å². The topological polar surface area (TPSA) is 272 Å². The monoisotopic (exact) mass is 720 g/mol. The van der Waals surface area contributed by atoms with Crippen molar-refractivity contribution in [1.29, 1.82) is 0 Å². The number of hydrogen-bond acceptors (Lipinski definition) is 17. The number of nitrogens with zero attached hydrogens (tertiary/aromatic N) is 7. The van der Waals surface area contributed by atoms with Crippen molar-refractivity contribution in [1.82, 2.24) is 39.0 Å². The summed E-state index contributed by atoms with van der Waals surface area (Å²) in [6.45, 7) is -8.04. The molecule has 25 heteroatoms. The number of aliphatic hydroxyl groups is 1. The van der Waals surface area contributed by atoms with Crippen LogP contribution in [-0.4, -0.2) is 97.4 Å². The molecule has 3 aliphatic heterocycles. The molecule has 46 heavy (non-hydrogen) atoms. The number of nitrogen functional groups attached to an aromatic ring is 2. The molecule has 1 saturated carbocycles. The van der Waals surface area contributed by atoms with E-state index in [1.54, 1.807) is 0 Å². The first kappa shape index (κ1) is 30.7. The molecule has 4 fully saturated rings. The van der Waals surface area contributed by atoms with Crippen molar-refractivity contribution in [2.75, 3.05) is 18.1 Å². The number of nitrogens with one attached hydrogen (secondary N) is 1. The molecule has 7 heterocycles. The van der Waals surface area contributed by atoms with Crippen LogP contribution in [0, 0.1) is 0 Å². The number of hydrogen-bond donors (Lipinski definition) is 6. The minimum absolute atomic E-state index is 0.0852. The molecule has 8 rings (SSSR count). The molecule has 1 spiro atoms. The smallest absolute Gasteiger partial charge is 0.385 e. The molecule has 7 N–H and O–H groups in total. The third-order valence-electron chi connectivity index (χ3n) is 8.47. The highest BCUT2D eigenvalue weighted by Crippen LogP contribution is 2.75. The lowest BCUT2D eigenvalue weighted by atomic mass is 10.1. The second kappa shape index (κ2) is 9.94. The molecule has 4 aliphatic rings. The molecule has 0 amide bonds. The van der Waals surface area contributed by atoms with Crippen LogP contribution in [0.2, 0.25) is 0 Å². The van der Waals surface area contributed by atoms with Crippen LogP contribution in [0.1, 0.15) is 19.4 Å². The van der Waals surface area contributed by atoms with Gasteiger partial charge < -0.3 is 35.5 Å². The van der Waals surface area contributed by atoms with Crippen LogP contribution in [-0.2, 0) is 43.9 Å². The summed E-state index contributed by atoms with van der Waals surface area (Å²) in [5.41, 5.74) is 7.50. The summed E-state index contributed by atoms with van der Waals surface area (Å²) in [5.74, 6) is -0.168. The van der Waals surface area contributed by atoms with E-state index in [1.807, 2.05) is 0 Å². The van der Waals surface area contributed by atoms with Gasteiger partial charge in [0, 0.05) is 0 Å². The Labute approximate surface area is 265 Å². The number of imidazole rings is 2. The maximum Gasteiger partial charge on any atom is 0.387 e. The summed E-state index contributed by atoms with van der Waals surface area (Å²) >= 11 is 9.37. The van der Waals surface area contributed by atoms with Crippen LogP contribution >= 0.6 is 25.8 Å². The quantitative estimate of drug-likeness (QED) is 0.116. The van der Waals surface area contributed by atoms with Crippen LogP contribution in [0.4, 0.5) is 16.2 Å². The molecule has 246 valence electrons. The van der Waals surface area contributed by atoms with Gasteiger partial charge in [0.25, 0.3) is 5.56 Å². The predicted molar refractivity (Wildman–Crippen MR) is 158 cm³/mol. The van der Waals surface area contributed by atoms with Gasteiger partial charge in [-0.25, -0.2) is 28.9 Å². The van der Waals surface area contributed by atoms with Crippen LogP contribution in [0.3, 0.4) is 0 Å². The van der Waals surface area contributed by atoms with Crippen molar-refractivity contribution in [3.8, 4) is 0 Å². The first-order valence-corrected chi connectivity index (χ1v) is 18.6. The van der Waals surface area contributed by atoms with Crippen molar-refractivity contribution in [3.63, 3.8) is 0 Å². The van der Waals surface area contributed by atoms with Gasteiger partial charge >= 0.3 is 13.5 Å². The normalized spacial score (nSPS) is 42.4. The highest BCUT2D eigenvalue weighted by molar-refractivity contribution is 8.44. The van der Waals surface area contributed by atoms with Crippen molar-refractivity contribution >= 4 is 71.7 Å². The number of nitrogens with two attached hydrogens (primary N) is 2. The Kier molecular flexibility index (Phi) is 6.62. The zero-order valence-corrected chi connectivity index (χ0v) is 26.6. The molecule has 11 atom stereocenters. The number of halogens is 1. The molecule has 3 unspecified atom stereocenters. The van der Waals surface area contributed by atoms with Gasteiger partial charge in [0.2, 0.25) is 5.95 Å². The van der Waals surface area contributed by atoms with Crippen LogP contribution < -0.4 is 17.0 Å². The standard InChI is InChI=1S/C21H23FN10O10P2S2/c1-20-18-21(20,11(33)17(39-20)31-4-27-8-12(23)25-3-26-13(8)31)42-43(35,45)37-2-6-10(40-44(36,46)41-18)7(22)16(38-6)32-5-28-9-14(32)29-19(24)30-15(9)34/h3-7,10-11,16-18,33H,2H2,1H3,(H,35,45)(H,36,46)(H2,23,25,26)(H3,24,29,30,34)/t6-,7-,10-,11+,16-,17-,18?,20-,21-,43?,44?/m1/s1. The number of anilines is 2. The molecule has 1 aliphatic carbocycles. The molecular weight excluding hydrogens is 697 g/mol.